The number of ether oxygens (including phenoxy) is 2. The van der Waals surface area contributed by atoms with Crippen LogP contribution in [0.4, 0.5) is 0 Å². The molecular formula is C13H16N2O3. The Morgan fingerprint density at radius 1 is 1.28 bits per heavy atom. The summed E-state index contributed by atoms with van der Waals surface area (Å²) in [5.74, 6) is 1.31. The normalized spacial score (nSPS) is 21.7. The zero-order valence-corrected chi connectivity index (χ0v) is 10.1. The molecule has 2 N–H and O–H groups in total. The zero-order chi connectivity index (χ0) is 12.4. The highest BCUT2D eigenvalue weighted by atomic mass is 16.6. The van der Waals surface area contributed by atoms with Crippen molar-refractivity contribution in [3.05, 3.63) is 23.8 Å². The van der Waals surface area contributed by atoms with Gasteiger partial charge in [0.25, 0.3) is 5.91 Å². The fourth-order valence-corrected chi connectivity index (χ4v) is 2.23. The molecule has 96 valence electrons. The van der Waals surface area contributed by atoms with Crippen LogP contribution in [0.3, 0.4) is 0 Å². The number of hydrogen-bond acceptors (Lipinski definition) is 4. The fraction of sp³-hybridized carbons (Fsp3) is 0.462. The van der Waals surface area contributed by atoms with Crippen molar-refractivity contribution in [2.45, 2.75) is 12.5 Å². The standard InChI is InChI=1S/C13H16N2O3/c16-13(15-10-3-4-14-8-10)9-1-2-11-12(7-9)18-6-5-17-11/h1-2,7,10,14H,3-6,8H2,(H,15,16)/t10-/m0/s1. The Morgan fingerprint density at radius 2 is 2.11 bits per heavy atom. The summed E-state index contributed by atoms with van der Waals surface area (Å²) >= 11 is 0. The van der Waals surface area contributed by atoms with E-state index in [1.807, 2.05) is 0 Å². The second kappa shape index (κ2) is 4.86. The molecule has 0 spiro atoms. The first-order valence-corrected chi connectivity index (χ1v) is 6.24. The molecule has 1 saturated heterocycles. The molecule has 1 amide bonds. The summed E-state index contributed by atoms with van der Waals surface area (Å²) in [6.07, 6.45) is 0.982. The largest absolute Gasteiger partial charge is 0.486 e. The maximum absolute atomic E-state index is 12.1. The average Bonchev–Trinajstić information content (AvgIpc) is 2.91. The molecule has 0 saturated carbocycles. The van der Waals surface area contributed by atoms with Crippen molar-refractivity contribution >= 4 is 5.91 Å². The second-order valence-corrected chi connectivity index (χ2v) is 4.52. The quantitative estimate of drug-likeness (QED) is 0.802. The van der Waals surface area contributed by atoms with E-state index in [0.717, 1.165) is 19.5 Å². The van der Waals surface area contributed by atoms with Gasteiger partial charge in [-0.05, 0) is 31.2 Å². The van der Waals surface area contributed by atoms with Crippen LogP contribution >= 0.6 is 0 Å². The number of carbonyl (C=O) groups excluding carboxylic acids is 1. The van der Waals surface area contributed by atoms with Gasteiger partial charge in [-0.3, -0.25) is 4.79 Å². The molecule has 1 atom stereocenters. The van der Waals surface area contributed by atoms with Crippen molar-refractivity contribution in [1.29, 1.82) is 0 Å². The van der Waals surface area contributed by atoms with Crippen LogP contribution in [-0.2, 0) is 0 Å². The third-order valence-corrected chi connectivity index (χ3v) is 3.20. The van der Waals surface area contributed by atoms with E-state index in [1.54, 1.807) is 18.2 Å². The fourth-order valence-electron chi connectivity index (χ4n) is 2.23. The number of rotatable bonds is 2. The Balaban J connectivity index is 1.73. The molecule has 0 unspecified atom stereocenters. The molecule has 1 aromatic carbocycles. The maximum Gasteiger partial charge on any atom is 0.251 e. The van der Waals surface area contributed by atoms with E-state index in [1.165, 1.54) is 0 Å². The van der Waals surface area contributed by atoms with Crippen molar-refractivity contribution in [3.63, 3.8) is 0 Å². The highest BCUT2D eigenvalue weighted by Gasteiger charge is 2.19. The topological polar surface area (TPSA) is 59.6 Å². The molecule has 2 heterocycles. The Kier molecular flexibility index (Phi) is 3.06. The van der Waals surface area contributed by atoms with E-state index in [-0.39, 0.29) is 11.9 Å². The third-order valence-electron chi connectivity index (χ3n) is 3.20. The molecule has 0 aromatic heterocycles. The minimum Gasteiger partial charge on any atom is -0.486 e. The maximum atomic E-state index is 12.1. The van der Waals surface area contributed by atoms with Gasteiger partial charge in [0.05, 0.1) is 0 Å². The Labute approximate surface area is 105 Å². The summed E-state index contributed by atoms with van der Waals surface area (Å²) in [7, 11) is 0. The molecule has 0 radical (unpaired) electrons. The third kappa shape index (κ3) is 2.26. The molecule has 0 aliphatic carbocycles. The SMILES string of the molecule is O=C(N[C@H]1CCNC1)c1ccc2c(c1)OCCO2. The molecule has 5 nitrogen and oxygen atoms in total. The molecule has 1 aromatic rings. The van der Waals surface area contributed by atoms with E-state index in [2.05, 4.69) is 10.6 Å². The molecule has 0 bridgehead atoms. The van der Waals surface area contributed by atoms with Crippen LogP contribution in [-0.4, -0.2) is 38.3 Å². The van der Waals surface area contributed by atoms with Gasteiger partial charge in [0, 0.05) is 18.2 Å². The van der Waals surface area contributed by atoms with Crippen molar-refractivity contribution in [1.82, 2.24) is 10.6 Å². The van der Waals surface area contributed by atoms with Crippen LogP contribution in [0.15, 0.2) is 18.2 Å². The van der Waals surface area contributed by atoms with Crippen molar-refractivity contribution < 1.29 is 14.3 Å². The number of hydrogen-bond donors (Lipinski definition) is 2. The molecule has 2 aliphatic rings. The van der Waals surface area contributed by atoms with Crippen LogP contribution in [0.5, 0.6) is 11.5 Å². The van der Waals surface area contributed by atoms with E-state index >= 15 is 0 Å². The summed E-state index contributed by atoms with van der Waals surface area (Å²) in [4.78, 5) is 12.1. The molecule has 18 heavy (non-hydrogen) atoms. The molecular weight excluding hydrogens is 232 g/mol. The predicted octanol–water partition coefficient (Wildman–Crippen LogP) is 0.549. The molecule has 5 heteroatoms. The van der Waals surface area contributed by atoms with Gasteiger partial charge in [-0.15, -0.1) is 0 Å². The number of carbonyl (C=O) groups is 1. The molecule has 3 rings (SSSR count). The first kappa shape index (κ1) is 11.3. The van der Waals surface area contributed by atoms with Crippen molar-refractivity contribution in [2.24, 2.45) is 0 Å². The summed E-state index contributed by atoms with van der Waals surface area (Å²) in [5, 5.41) is 6.22. The van der Waals surface area contributed by atoms with Crippen LogP contribution in [0.25, 0.3) is 0 Å². The number of benzene rings is 1. The van der Waals surface area contributed by atoms with Gasteiger partial charge in [-0.25, -0.2) is 0 Å². The lowest BCUT2D eigenvalue weighted by atomic mass is 10.1. The lowest BCUT2D eigenvalue weighted by Crippen LogP contribution is -2.36. The number of amides is 1. The number of nitrogens with one attached hydrogen (secondary N) is 2. The lowest BCUT2D eigenvalue weighted by Gasteiger charge is -2.19. The Hall–Kier alpha value is -1.75. The van der Waals surface area contributed by atoms with E-state index in [9.17, 15) is 4.79 Å². The van der Waals surface area contributed by atoms with Gasteiger partial charge in [-0.2, -0.15) is 0 Å². The van der Waals surface area contributed by atoms with Gasteiger partial charge < -0.3 is 20.1 Å². The predicted molar refractivity (Wildman–Crippen MR) is 66.2 cm³/mol. The summed E-state index contributed by atoms with van der Waals surface area (Å²) in [5.41, 5.74) is 0.617. The molecule has 2 aliphatic heterocycles. The first-order chi connectivity index (χ1) is 8.83. The minimum absolute atomic E-state index is 0.0549. The second-order valence-electron chi connectivity index (χ2n) is 4.52. The minimum atomic E-state index is -0.0549. The summed E-state index contributed by atoms with van der Waals surface area (Å²) in [6.45, 7) is 2.90. The average molecular weight is 248 g/mol. The summed E-state index contributed by atoms with van der Waals surface area (Å²) < 4.78 is 10.9. The van der Waals surface area contributed by atoms with Crippen LogP contribution in [0.1, 0.15) is 16.8 Å². The van der Waals surface area contributed by atoms with E-state index in [4.69, 9.17) is 9.47 Å². The van der Waals surface area contributed by atoms with Crippen LogP contribution < -0.4 is 20.1 Å². The lowest BCUT2D eigenvalue weighted by molar-refractivity contribution is 0.0939. The number of fused-ring (bicyclic) bond motifs is 1. The van der Waals surface area contributed by atoms with Crippen molar-refractivity contribution in [3.8, 4) is 11.5 Å². The molecule has 1 fully saturated rings. The smallest absolute Gasteiger partial charge is 0.251 e. The van der Waals surface area contributed by atoms with Crippen LogP contribution in [0.2, 0.25) is 0 Å². The van der Waals surface area contributed by atoms with Gasteiger partial charge in [0.1, 0.15) is 13.2 Å². The van der Waals surface area contributed by atoms with Crippen LogP contribution in [0, 0.1) is 0 Å². The van der Waals surface area contributed by atoms with Gasteiger partial charge in [0.15, 0.2) is 11.5 Å². The first-order valence-electron chi connectivity index (χ1n) is 6.24. The highest BCUT2D eigenvalue weighted by Crippen LogP contribution is 2.30. The van der Waals surface area contributed by atoms with E-state index in [0.29, 0.717) is 30.3 Å². The van der Waals surface area contributed by atoms with Gasteiger partial charge in [0.2, 0.25) is 0 Å². The zero-order valence-electron chi connectivity index (χ0n) is 10.1. The van der Waals surface area contributed by atoms with Gasteiger partial charge in [-0.1, -0.05) is 0 Å². The van der Waals surface area contributed by atoms with E-state index < -0.39 is 0 Å². The van der Waals surface area contributed by atoms with Gasteiger partial charge >= 0.3 is 0 Å². The summed E-state index contributed by atoms with van der Waals surface area (Å²) in [6, 6.07) is 5.53. The van der Waals surface area contributed by atoms with Crippen molar-refractivity contribution in [2.75, 3.05) is 26.3 Å². The highest BCUT2D eigenvalue weighted by molar-refractivity contribution is 5.95. The Morgan fingerprint density at radius 3 is 2.89 bits per heavy atom. The Bertz CT molecular complexity index is 456. The monoisotopic (exact) mass is 248 g/mol.